The third kappa shape index (κ3) is 3.31. The number of hydrogen-bond acceptors (Lipinski definition) is 4. The molecule has 0 aliphatic rings. The summed E-state index contributed by atoms with van der Waals surface area (Å²) < 4.78 is 6.41. The maximum Gasteiger partial charge on any atom is 0.123 e. The Labute approximate surface area is 119 Å². The van der Waals surface area contributed by atoms with Crippen molar-refractivity contribution in [1.29, 1.82) is 0 Å². The number of thiazole rings is 1. The molecule has 5 heteroatoms. The lowest BCUT2D eigenvalue weighted by Gasteiger charge is -2.13. The third-order valence-electron chi connectivity index (χ3n) is 2.66. The zero-order valence-electron chi connectivity index (χ0n) is 10.3. The van der Waals surface area contributed by atoms with Crippen LogP contribution in [-0.2, 0) is 6.54 Å². The van der Waals surface area contributed by atoms with Gasteiger partial charge in [0.05, 0.1) is 13.2 Å². The molecule has 1 heterocycles. The molecule has 1 N–H and O–H groups in total. The molecule has 0 aliphatic heterocycles. The zero-order valence-corrected chi connectivity index (χ0v) is 12.7. The van der Waals surface area contributed by atoms with Crippen LogP contribution in [0.2, 0.25) is 0 Å². The molecule has 0 saturated heterocycles. The largest absolute Gasteiger partial charge is 0.496 e. The Morgan fingerprint density at radius 1 is 1.50 bits per heavy atom. The molecule has 0 bridgehead atoms. The van der Waals surface area contributed by atoms with Gasteiger partial charge in [-0.25, -0.2) is 4.98 Å². The number of hydrogen-bond donors (Lipinski definition) is 1. The number of aromatic nitrogens is 1. The summed E-state index contributed by atoms with van der Waals surface area (Å²) in [6.45, 7) is 2.87. The highest BCUT2D eigenvalue weighted by Gasteiger charge is 2.09. The molecular weight excluding hydrogens is 312 g/mol. The summed E-state index contributed by atoms with van der Waals surface area (Å²) >= 11 is 5.14. The van der Waals surface area contributed by atoms with E-state index in [0.717, 1.165) is 27.3 Å². The Kier molecular flexibility index (Phi) is 4.74. The summed E-state index contributed by atoms with van der Waals surface area (Å²) in [5.74, 6) is 0.900. The van der Waals surface area contributed by atoms with Gasteiger partial charge >= 0.3 is 0 Å². The molecule has 96 valence electrons. The molecular formula is C13H15BrN2OS. The van der Waals surface area contributed by atoms with Crippen LogP contribution in [0.5, 0.6) is 5.75 Å². The van der Waals surface area contributed by atoms with Gasteiger partial charge in [0, 0.05) is 28.2 Å². The van der Waals surface area contributed by atoms with Crippen molar-refractivity contribution in [2.24, 2.45) is 0 Å². The fourth-order valence-electron chi connectivity index (χ4n) is 1.68. The van der Waals surface area contributed by atoms with Crippen LogP contribution in [0.4, 0.5) is 0 Å². The monoisotopic (exact) mass is 326 g/mol. The van der Waals surface area contributed by atoms with Crippen molar-refractivity contribution < 1.29 is 4.74 Å². The van der Waals surface area contributed by atoms with Gasteiger partial charge in [0.2, 0.25) is 0 Å². The summed E-state index contributed by atoms with van der Waals surface area (Å²) in [7, 11) is 1.69. The highest BCUT2D eigenvalue weighted by molar-refractivity contribution is 9.10. The molecule has 0 amide bonds. The zero-order chi connectivity index (χ0) is 13.0. The lowest BCUT2D eigenvalue weighted by Crippen LogP contribution is -2.18. The highest BCUT2D eigenvalue weighted by atomic mass is 79.9. The molecule has 0 saturated carbocycles. The minimum Gasteiger partial charge on any atom is -0.496 e. The van der Waals surface area contributed by atoms with E-state index >= 15 is 0 Å². The van der Waals surface area contributed by atoms with Gasteiger partial charge in [-0.3, -0.25) is 0 Å². The predicted octanol–water partition coefficient (Wildman–Crippen LogP) is 3.77. The van der Waals surface area contributed by atoms with Crippen LogP contribution in [0.3, 0.4) is 0 Å². The van der Waals surface area contributed by atoms with Crippen LogP contribution >= 0.6 is 27.3 Å². The minimum atomic E-state index is 0.244. The number of nitrogens with zero attached hydrogens (tertiary/aromatic N) is 1. The van der Waals surface area contributed by atoms with E-state index in [9.17, 15) is 0 Å². The van der Waals surface area contributed by atoms with Gasteiger partial charge in [0.15, 0.2) is 0 Å². The van der Waals surface area contributed by atoms with E-state index in [0.29, 0.717) is 0 Å². The van der Waals surface area contributed by atoms with E-state index in [4.69, 9.17) is 4.74 Å². The van der Waals surface area contributed by atoms with Crippen LogP contribution in [0, 0.1) is 0 Å². The summed E-state index contributed by atoms with van der Waals surface area (Å²) in [4.78, 5) is 4.30. The SMILES string of the molecule is COc1ccc(Br)cc1CNC(C)c1nccs1. The maximum absolute atomic E-state index is 5.35. The van der Waals surface area contributed by atoms with Crippen molar-refractivity contribution in [1.82, 2.24) is 10.3 Å². The molecule has 0 aliphatic carbocycles. The lowest BCUT2D eigenvalue weighted by atomic mass is 10.2. The molecule has 0 radical (unpaired) electrons. The Balaban J connectivity index is 2.03. The molecule has 0 fully saturated rings. The van der Waals surface area contributed by atoms with E-state index in [1.807, 2.05) is 23.7 Å². The Morgan fingerprint density at radius 3 is 3.00 bits per heavy atom. The smallest absolute Gasteiger partial charge is 0.123 e. The number of ether oxygens (including phenoxy) is 1. The van der Waals surface area contributed by atoms with Crippen molar-refractivity contribution in [3.63, 3.8) is 0 Å². The Morgan fingerprint density at radius 2 is 2.33 bits per heavy atom. The van der Waals surface area contributed by atoms with Crippen LogP contribution < -0.4 is 10.1 Å². The van der Waals surface area contributed by atoms with Gasteiger partial charge in [0.25, 0.3) is 0 Å². The van der Waals surface area contributed by atoms with Crippen LogP contribution in [0.15, 0.2) is 34.2 Å². The molecule has 2 rings (SSSR count). The number of nitrogens with one attached hydrogen (secondary N) is 1. The van der Waals surface area contributed by atoms with Crippen molar-refractivity contribution >= 4 is 27.3 Å². The summed E-state index contributed by atoms with van der Waals surface area (Å²) in [6, 6.07) is 6.26. The third-order valence-corrected chi connectivity index (χ3v) is 4.11. The van der Waals surface area contributed by atoms with E-state index in [-0.39, 0.29) is 6.04 Å². The van der Waals surface area contributed by atoms with Crippen molar-refractivity contribution in [2.75, 3.05) is 7.11 Å². The summed E-state index contributed by atoms with van der Waals surface area (Å²) in [6.07, 6.45) is 1.83. The first kappa shape index (κ1) is 13.5. The minimum absolute atomic E-state index is 0.244. The van der Waals surface area contributed by atoms with Gasteiger partial charge in [-0.15, -0.1) is 11.3 Å². The van der Waals surface area contributed by atoms with Crippen molar-refractivity contribution in [2.45, 2.75) is 19.5 Å². The average Bonchev–Trinajstić information content (AvgIpc) is 2.90. The van der Waals surface area contributed by atoms with Gasteiger partial charge in [-0.2, -0.15) is 0 Å². The first-order chi connectivity index (χ1) is 8.70. The lowest BCUT2D eigenvalue weighted by molar-refractivity contribution is 0.406. The van der Waals surface area contributed by atoms with E-state index in [1.165, 1.54) is 0 Å². The highest BCUT2D eigenvalue weighted by Crippen LogP contribution is 2.24. The normalized spacial score (nSPS) is 12.4. The molecule has 2 aromatic rings. The number of rotatable bonds is 5. The molecule has 1 unspecified atom stereocenters. The second kappa shape index (κ2) is 6.31. The number of methoxy groups -OCH3 is 1. The van der Waals surface area contributed by atoms with Crippen LogP contribution in [-0.4, -0.2) is 12.1 Å². The first-order valence-electron chi connectivity index (χ1n) is 5.66. The fraction of sp³-hybridized carbons (Fsp3) is 0.308. The van der Waals surface area contributed by atoms with Gasteiger partial charge in [-0.1, -0.05) is 15.9 Å². The van der Waals surface area contributed by atoms with Gasteiger partial charge in [-0.05, 0) is 25.1 Å². The van der Waals surface area contributed by atoms with Crippen molar-refractivity contribution in [3.8, 4) is 5.75 Å². The van der Waals surface area contributed by atoms with E-state index in [2.05, 4.69) is 39.2 Å². The fourth-order valence-corrected chi connectivity index (χ4v) is 2.76. The molecule has 1 aromatic heterocycles. The average molecular weight is 327 g/mol. The summed E-state index contributed by atoms with van der Waals surface area (Å²) in [5.41, 5.74) is 1.13. The van der Waals surface area contributed by atoms with E-state index in [1.54, 1.807) is 18.4 Å². The number of benzene rings is 1. The Hall–Kier alpha value is -0.910. The van der Waals surface area contributed by atoms with Crippen LogP contribution in [0.25, 0.3) is 0 Å². The molecule has 1 aromatic carbocycles. The van der Waals surface area contributed by atoms with E-state index < -0.39 is 0 Å². The van der Waals surface area contributed by atoms with Gasteiger partial charge in [0.1, 0.15) is 10.8 Å². The van der Waals surface area contributed by atoms with Crippen molar-refractivity contribution in [3.05, 3.63) is 44.8 Å². The topological polar surface area (TPSA) is 34.1 Å². The predicted molar refractivity (Wildman–Crippen MR) is 78.1 cm³/mol. The standard InChI is InChI=1S/C13H15BrN2OS/c1-9(13-15-5-6-18-13)16-8-10-7-11(14)3-4-12(10)17-2/h3-7,9,16H,8H2,1-2H3. The van der Waals surface area contributed by atoms with Crippen LogP contribution in [0.1, 0.15) is 23.5 Å². The van der Waals surface area contributed by atoms with Gasteiger partial charge < -0.3 is 10.1 Å². The number of halogens is 1. The molecule has 3 nitrogen and oxygen atoms in total. The Bertz CT molecular complexity index is 502. The molecule has 0 spiro atoms. The quantitative estimate of drug-likeness (QED) is 0.908. The second-order valence-corrected chi connectivity index (χ2v) is 5.77. The first-order valence-corrected chi connectivity index (χ1v) is 7.33. The summed E-state index contributed by atoms with van der Waals surface area (Å²) in [5, 5.41) is 6.54. The molecule has 18 heavy (non-hydrogen) atoms. The molecule has 1 atom stereocenters. The second-order valence-electron chi connectivity index (χ2n) is 3.93. The maximum atomic E-state index is 5.35.